The first-order valence-corrected chi connectivity index (χ1v) is 12.8. The van der Waals surface area contributed by atoms with E-state index in [0.29, 0.717) is 45.0 Å². The van der Waals surface area contributed by atoms with Gasteiger partial charge in [-0.1, -0.05) is 17.7 Å². The third-order valence-electron chi connectivity index (χ3n) is 7.75. The molecule has 2 aromatic heterocycles. The number of phenolic OH excluding ortho intramolecular Hbond substituents is 1. The zero-order valence-corrected chi connectivity index (χ0v) is 21.2. The van der Waals surface area contributed by atoms with Crippen LogP contribution in [0.2, 0.25) is 5.02 Å². The van der Waals surface area contributed by atoms with Crippen LogP contribution in [0.5, 0.6) is 5.75 Å². The minimum absolute atomic E-state index is 0.0541. The summed E-state index contributed by atoms with van der Waals surface area (Å²) in [6.45, 7) is 1.82. The smallest absolute Gasteiger partial charge is 0.332 e. The van der Waals surface area contributed by atoms with Gasteiger partial charge in [-0.15, -0.1) is 0 Å². The second-order valence-corrected chi connectivity index (χ2v) is 10.5. The molecule has 0 saturated carbocycles. The van der Waals surface area contributed by atoms with Crippen LogP contribution in [0.3, 0.4) is 0 Å². The maximum absolute atomic E-state index is 15.0. The molecule has 2 atom stereocenters. The summed E-state index contributed by atoms with van der Waals surface area (Å²) in [4.78, 5) is 14.8. The summed E-state index contributed by atoms with van der Waals surface area (Å²) >= 11 is 6.56. The van der Waals surface area contributed by atoms with Crippen molar-refractivity contribution in [3.63, 3.8) is 0 Å². The van der Waals surface area contributed by atoms with Crippen LogP contribution in [0.25, 0.3) is 38.8 Å². The van der Waals surface area contributed by atoms with E-state index >= 15 is 4.39 Å². The van der Waals surface area contributed by atoms with E-state index in [1.54, 1.807) is 37.6 Å². The first-order valence-electron chi connectivity index (χ1n) is 12.4. The Kier molecular flexibility index (Phi) is 5.14. The van der Waals surface area contributed by atoms with Gasteiger partial charge in [0.2, 0.25) is 0 Å². The Morgan fingerprint density at radius 1 is 1.08 bits per heavy atom. The number of piperazine rings is 1. The van der Waals surface area contributed by atoms with E-state index in [0.717, 1.165) is 36.1 Å². The average molecular weight is 531 g/mol. The van der Waals surface area contributed by atoms with Gasteiger partial charge >= 0.3 is 5.69 Å². The molecule has 8 nitrogen and oxygen atoms in total. The van der Waals surface area contributed by atoms with Crippen LogP contribution in [-0.2, 0) is 7.05 Å². The number of nitrogens with zero attached hydrogens (tertiary/aromatic N) is 4. The van der Waals surface area contributed by atoms with Crippen molar-refractivity contribution in [1.82, 2.24) is 24.6 Å². The number of aromatic amines is 1. The summed E-state index contributed by atoms with van der Waals surface area (Å²) in [7, 11) is 1.66. The van der Waals surface area contributed by atoms with Gasteiger partial charge in [0.05, 0.1) is 22.4 Å². The topological polar surface area (TPSA) is 91.1 Å². The number of nitrogens with one attached hydrogen (secondary N) is 2. The third-order valence-corrected chi connectivity index (χ3v) is 8.06. The number of H-pyrrole nitrogens is 1. The van der Waals surface area contributed by atoms with Crippen molar-refractivity contribution in [3.05, 3.63) is 82.4 Å². The van der Waals surface area contributed by atoms with Gasteiger partial charge in [0.15, 0.2) is 0 Å². The zero-order valence-electron chi connectivity index (χ0n) is 20.4. The van der Waals surface area contributed by atoms with Gasteiger partial charge in [-0.2, -0.15) is 5.10 Å². The second-order valence-electron chi connectivity index (χ2n) is 10.1. The predicted octanol–water partition coefficient (Wildman–Crippen LogP) is 4.43. The molecule has 0 aliphatic carbocycles. The van der Waals surface area contributed by atoms with Crippen molar-refractivity contribution >= 4 is 28.2 Å². The molecule has 3 aromatic carbocycles. The first-order chi connectivity index (χ1) is 18.4. The molecule has 4 heterocycles. The van der Waals surface area contributed by atoms with Gasteiger partial charge in [-0.05, 0) is 53.9 Å². The summed E-state index contributed by atoms with van der Waals surface area (Å²) in [6.07, 6.45) is 6.18. The molecule has 2 bridgehead atoms. The molecule has 192 valence electrons. The molecule has 2 aliphatic heterocycles. The highest BCUT2D eigenvalue weighted by Gasteiger charge is 2.38. The number of hydrogen-bond donors (Lipinski definition) is 3. The van der Waals surface area contributed by atoms with Crippen LogP contribution in [0.1, 0.15) is 6.42 Å². The van der Waals surface area contributed by atoms with Crippen molar-refractivity contribution in [1.29, 1.82) is 0 Å². The van der Waals surface area contributed by atoms with Crippen molar-refractivity contribution in [3.8, 4) is 33.7 Å². The molecule has 38 heavy (non-hydrogen) atoms. The number of benzene rings is 3. The summed E-state index contributed by atoms with van der Waals surface area (Å²) in [5.74, 6) is -0.538. The van der Waals surface area contributed by atoms with Crippen LogP contribution in [0.15, 0.2) is 65.8 Å². The Balaban J connectivity index is 1.34. The second kappa shape index (κ2) is 8.47. The van der Waals surface area contributed by atoms with Crippen LogP contribution < -0.4 is 15.9 Å². The van der Waals surface area contributed by atoms with Crippen molar-refractivity contribution in [2.45, 2.75) is 18.5 Å². The van der Waals surface area contributed by atoms with E-state index in [2.05, 4.69) is 20.4 Å². The van der Waals surface area contributed by atoms with E-state index in [9.17, 15) is 9.90 Å². The van der Waals surface area contributed by atoms with Crippen molar-refractivity contribution in [2.24, 2.45) is 7.05 Å². The van der Waals surface area contributed by atoms with Crippen LogP contribution in [0, 0.1) is 5.82 Å². The number of halogens is 2. The fraction of sp³-hybridized carbons (Fsp3) is 0.214. The number of aryl methyl sites for hydroxylation is 1. The van der Waals surface area contributed by atoms with Gasteiger partial charge in [0.1, 0.15) is 11.6 Å². The molecular formula is C28H24ClFN6O2. The molecule has 5 aromatic rings. The molecule has 10 heteroatoms. The summed E-state index contributed by atoms with van der Waals surface area (Å²) < 4.78 is 17.9. The highest BCUT2D eigenvalue weighted by molar-refractivity contribution is 6.32. The Morgan fingerprint density at radius 2 is 1.89 bits per heavy atom. The lowest BCUT2D eigenvalue weighted by Gasteiger charge is -2.30. The number of anilines is 1. The number of phenols is 1. The average Bonchev–Trinajstić information content (AvgIpc) is 3.71. The number of aromatic nitrogens is 4. The first kappa shape index (κ1) is 23.1. The molecule has 7 rings (SSSR count). The van der Waals surface area contributed by atoms with Gasteiger partial charge < -0.3 is 19.9 Å². The lowest BCUT2D eigenvalue weighted by molar-refractivity contribution is 0.477. The maximum atomic E-state index is 15.0. The minimum Gasteiger partial charge on any atom is -0.507 e. The molecule has 0 radical (unpaired) electrons. The van der Waals surface area contributed by atoms with E-state index in [1.165, 1.54) is 21.3 Å². The van der Waals surface area contributed by atoms with Crippen LogP contribution in [0.4, 0.5) is 10.1 Å². The molecule has 2 saturated heterocycles. The zero-order chi connectivity index (χ0) is 26.1. The summed E-state index contributed by atoms with van der Waals surface area (Å²) in [5.41, 5.74) is 4.01. The number of hydrogen-bond acceptors (Lipinski definition) is 5. The Morgan fingerprint density at radius 3 is 2.58 bits per heavy atom. The predicted molar refractivity (Wildman–Crippen MR) is 146 cm³/mol. The van der Waals surface area contributed by atoms with Crippen molar-refractivity contribution < 1.29 is 9.50 Å². The van der Waals surface area contributed by atoms with Crippen LogP contribution in [-0.4, -0.2) is 49.6 Å². The number of fused-ring (bicyclic) bond motifs is 3. The third kappa shape index (κ3) is 3.53. The van der Waals surface area contributed by atoms with E-state index in [4.69, 9.17) is 11.6 Å². The summed E-state index contributed by atoms with van der Waals surface area (Å²) in [6, 6.07) is 12.4. The molecule has 2 fully saturated rings. The summed E-state index contributed by atoms with van der Waals surface area (Å²) in [5, 5.41) is 23.5. The molecule has 0 amide bonds. The highest BCUT2D eigenvalue weighted by atomic mass is 35.5. The normalized spacial score (nSPS) is 18.7. The van der Waals surface area contributed by atoms with Gasteiger partial charge in [0.25, 0.3) is 0 Å². The molecule has 2 aliphatic rings. The van der Waals surface area contributed by atoms with E-state index < -0.39 is 5.82 Å². The van der Waals surface area contributed by atoms with E-state index in [1.807, 2.05) is 18.3 Å². The Bertz CT molecular complexity index is 1790. The maximum Gasteiger partial charge on any atom is 0.332 e. The minimum atomic E-state index is -0.483. The molecular weight excluding hydrogens is 507 g/mol. The van der Waals surface area contributed by atoms with Gasteiger partial charge in [0, 0.05) is 66.8 Å². The quantitative estimate of drug-likeness (QED) is 0.320. The lowest BCUT2D eigenvalue weighted by atomic mass is 9.95. The van der Waals surface area contributed by atoms with Crippen LogP contribution >= 0.6 is 11.6 Å². The monoisotopic (exact) mass is 530 g/mol. The molecule has 3 N–H and O–H groups in total. The fourth-order valence-corrected chi connectivity index (χ4v) is 6.11. The largest absolute Gasteiger partial charge is 0.507 e. The number of aromatic hydroxyl groups is 1. The number of imidazole rings is 1. The fourth-order valence-electron chi connectivity index (χ4n) is 5.84. The highest BCUT2D eigenvalue weighted by Crippen LogP contribution is 2.43. The molecule has 1 unspecified atom stereocenters. The van der Waals surface area contributed by atoms with E-state index in [-0.39, 0.29) is 11.4 Å². The van der Waals surface area contributed by atoms with Gasteiger partial charge in [-0.3, -0.25) is 9.67 Å². The standard InChI is InChI=1S/C28H24ClFN6O2/c1-34-4-5-35(28(34)38)25-3-2-15(6-23(25)29)20-9-17(30)10-21(27(20)37)16-7-24-22(13-32-33-24)26(8-16)36-14-18-11-19(36)12-31-18/h2-10,13,18-19,31,37H,11-12,14H2,1H3,(H,32,33)/t18-,19?/m0/s1. The Labute approximate surface area is 221 Å². The molecule has 0 spiro atoms. The SMILES string of the molecule is Cn1ccn(-c2ccc(-c3cc(F)cc(-c4cc(N5C[C@@H]6CC5CN6)c5cn[nH]c5c4)c3O)cc2Cl)c1=O. The van der Waals surface area contributed by atoms with Crippen molar-refractivity contribution in [2.75, 3.05) is 18.0 Å². The number of rotatable bonds is 4. The lowest BCUT2D eigenvalue weighted by Crippen LogP contribution is -2.43. The van der Waals surface area contributed by atoms with Gasteiger partial charge in [-0.25, -0.2) is 9.18 Å². The Hall–Kier alpha value is -4.08.